The smallest absolute Gasteiger partial charge is 0.222 e. The molecule has 0 saturated heterocycles. The van der Waals surface area contributed by atoms with Crippen LogP contribution in [0.4, 0.5) is 0 Å². The van der Waals surface area contributed by atoms with Crippen LogP contribution in [0.3, 0.4) is 0 Å². The Labute approximate surface area is 111 Å². The van der Waals surface area contributed by atoms with Crippen molar-refractivity contribution in [3.05, 3.63) is 57.6 Å². The van der Waals surface area contributed by atoms with E-state index in [1.807, 2.05) is 6.20 Å². The molecule has 18 heavy (non-hydrogen) atoms. The predicted molar refractivity (Wildman–Crippen MR) is 74.5 cm³/mol. The van der Waals surface area contributed by atoms with Gasteiger partial charge in [-0.2, -0.15) is 0 Å². The number of nitrogens with zero attached hydrogens (tertiary/aromatic N) is 2. The van der Waals surface area contributed by atoms with Gasteiger partial charge in [0.1, 0.15) is 0 Å². The Bertz CT molecular complexity index is 639. The van der Waals surface area contributed by atoms with Crippen LogP contribution in [0.1, 0.15) is 27.9 Å². The highest BCUT2D eigenvalue weighted by Crippen LogP contribution is 2.33. The molecule has 3 rings (SSSR count). The lowest BCUT2D eigenvalue weighted by Gasteiger charge is -2.10. The van der Waals surface area contributed by atoms with Crippen molar-refractivity contribution < 1.29 is 0 Å². The topological polar surface area (TPSA) is 25.8 Å². The first-order chi connectivity index (χ1) is 8.65. The van der Waals surface area contributed by atoms with Crippen molar-refractivity contribution in [2.24, 2.45) is 0 Å². The Morgan fingerprint density at radius 2 is 1.89 bits per heavy atom. The fraction of sp³-hybridized carbons (Fsp3) is 0.200. The minimum Gasteiger partial charge on any atom is -0.226 e. The lowest BCUT2D eigenvalue weighted by molar-refractivity contribution is 1.10. The van der Waals surface area contributed by atoms with Crippen LogP contribution in [-0.4, -0.2) is 9.97 Å². The van der Waals surface area contributed by atoms with Gasteiger partial charge in [-0.1, -0.05) is 18.2 Å². The van der Waals surface area contributed by atoms with Gasteiger partial charge in [-0.15, -0.1) is 0 Å². The van der Waals surface area contributed by atoms with E-state index < -0.39 is 0 Å². The molecule has 1 aliphatic rings. The highest BCUT2D eigenvalue weighted by Gasteiger charge is 2.18. The zero-order chi connectivity index (χ0) is 12.7. The van der Waals surface area contributed by atoms with Gasteiger partial charge in [0.15, 0.2) is 0 Å². The summed E-state index contributed by atoms with van der Waals surface area (Å²) in [7, 11) is 0. The molecule has 0 unspecified atom stereocenters. The molecule has 0 N–H and O–H groups in total. The van der Waals surface area contributed by atoms with Gasteiger partial charge in [0.2, 0.25) is 5.28 Å². The molecule has 1 aromatic heterocycles. The SMILES string of the molecule is Cc1cccc(C)c1C1=Cc2nc(Cl)ncc2C1. The molecule has 0 radical (unpaired) electrons. The molecule has 2 nitrogen and oxygen atoms in total. The quantitative estimate of drug-likeness (QED) is 0.725. The Hall–Kier alpha value is -1.67. The molecule has 0 bridgehead atoms. The third-order valence-corrected chi connectivity index (χ3v) is 3.54. The molecule has 0 amide bonds. The van der Waals surface area contributed by atoms with E-state index in [9.17, 15) is 0 Å². The second-order valence-corrected chi connectivity index (χ2v) is 5.00. The van der Waals surface area contributed by atoms with Gasteiger partial charge in [-0.25, -0.2) is 9.97 Å². The van der Waals surface area contributed by atoms with Gasteiger partial charge >= 0.3 is 0 Å². The van der Waals surface area contributed by atoms with E-state index in [1.165, 1.54) is 22.3 Å². The highest BCUT2D eigenvalue weighted by molar-refractivity contribution is 6.28. The second-order valence-electron chi connectivity index (χ2n) is 4.66. The molecule has 3 heteroatoms. The van der Waals surface area contributed by atoms with E-state index in [0.717, 1.165) is 17.7 Å². The number of allylic oxidation sites excluding steroid dienone is 1. The first-order valence-corrected chi connectivity index (χ1v) is 6.31. The summed E-state index contributed by atoms with van der Waals surface area (Å²) in [6.45, 7) is 4.29. The summed E-state index contributed by atoms with van der Waals surface area (Å²) >= 11 is 5.83. The van der Waals surface area contributed by atoms with Gasteiger partial charge in [-0.05, 0) is 53.8 Å². The zero-order valence-corrected chi connectivity index (χ0v) is 11.1. The maximum Gasteiger partial charge on any atom is 0.222 e. The molecule has 90 valence electrons. The highest BCUT2D eigenvalue weighted by atomic mass is 35.5. The largest absolute Gasteiger partial charge is 0.226 e. The van der Waals surface area contributed by atoms with Crippen LogP contribution in [0, 0.1) is 13.8 Å². The van der Waals surface area contributed by atoms with Gasteiger partial charge in [0, 0.05) is 18.2 Å². The van der Waals surface area contributed by atoms with E-state index in [-0.39, 0.29) is 0 Å². The zero-order valence-electron chi connectivity index (χ0n) is 10.4. The third kappa shape index (κ3) is 1.83. The van der Waals surface area contributed by atoms with Gasteiger partial charge < -0.3 is 0 Å². The summed E-state index contributed by atoms with van der Waals surface area (Å²) in [5, 5.41) is 0.313. The van der Waals surface area contributed by atoms with Crippen molar-refractivity contribution in [1.29, 1.82) is 0 Å². The van der Waals surface area contributed by atoms with E-state index in [4.69, 9.17) is 11.6 Å². The van der Waals surface area contributed by atoms with E-state index in [2.05, 4.69) is 48.1 Å². The van der Waals surface area contributed by atoms with Crippen LogP contribution in [-0.2, 0) is 6.42 Å². The fourth-order valence-electron chi connectivity index (χ4n) is 2.56. The molecule has 1 aromatic carbocycles. The van der Waals surface area contributed by atoms with Crippen LogP contribution in [0.15, 0.2) is 24.4 Å². The fourth-order valence-corrected chi connectivity index (χ4v) is 2.70. The van der Waals surface area contributed by atoms with Crippen molar-refractivity contribution in [1.82, 2.24) is 9.97 Å². The predicted octanol–water partition coefficient (Wildman–Crippen LogP) is 3.84. The molecule has 1 aliphatic carbocycles. The summed E-state index contributed by atoms with van der Waals surface area (Å²) in [5.41, 5.74) is 7.33. The van der Waals surface area contributed by atoms with E-state index in [1.54, 1.807) is 0 Å². The number of aryl methyl sites for hydroxylation is 2. The molecule has 2 aromatic rings. The van der Waals surface area contributed by atoms with Crippen molar-refractivity contribution in [2.75, 3.05) is 0 Å². The molecule has 1 heterocycles. The molecule has 0 aliphatic heterocycles. The van der Waals surface area contributed by atoms with Crippen molar-refractivity contribution in [2.45, 2.75) is 20.3 Å². The van der Waals surface area contributed by atoms with Crippen molar-refractivity contribution >= 4 is 23.3 Å². The second kappa shape index (κ2) is 4.21. The molecule has 0 saturated carbocycles. The summed E-state index contributed by atoms with van der Waals surface area (Å²) in [5.74, 6) is 0. The first-order valence-electron chi connectivity index (χ1n) is 5.94. The van der Waals surface area contributed by atoms with Gasteiger partial charge in [-0.3, -0.25) is 0 Å². The maximum absolute atomic E-state index is 5.83. The molecular formula is C15H13ClN2. The Morgan fingerprint density at radius 3 is 2.61 bits per heavy atom. The van der Waals surface area contributed by atoms with Gasteiger partial charge in [0.25, 0.3) is 0 Å². The number of benzene rings is 1. The number of aromatic nitrogens is 2. The minimum absolute atomic E-state index is 0.313. The van der Waals surface area contributed by atoms with Crippen LogP contribution in [0.25, 0.3) is 11.6 Å². The summed E-state index contributed by atoms with van der Waals surface area (Å²) in [6, 6.07) is 6.38. The van der Waals surface area contributed by atoms with Crippen LogP contribution >= 0.6 is 11.6 Å². The Balaban J connectivity index is 2.10. The monoisotopic (exact) mass is 256 g/mol. The number of halogens is 1. The van der Waals surface area contributed by atoms with Gasteiger partial charge in [0.05, 0.1) is 5.69 Å². The molecule has 0 fully saturated rings. The number of hydrogen-bond donors (Lipinski definition) is 0. The third-order valence-electron chi connectivity index (χ3n) is 3.36. The average Bonchev–Trinajstić information content (AvgIpc) is 2.71. The normalized spacial score (nSPS) is 13.4. The molecule has 0 atom stereocenters. The molecule has 0 spiro atoms. The summed E-state index contributed by atoms with van der Waals surface area (Å²) in [6.07, 6.45) is 4.83. The van der Waals surface area contributed by atoms with E-state index >= 15 is 0 Å². The Morgan fingerprint density at radius 1 is 1.17 bits per heavy atom. The number of fused-ring (bicyclic) bond motifs is 1. The number of hydrogen-bond acceptors (Lipinski definition) is 2. The lowest BCUT2D eigenvalue weighted by Crippen LogP contribution is -1.94. The number of rotatable bonds is 1. The molecular weight excluding hydrogens is 244 g/mol. The standard InChI is InChI=1S/C15H13ClN2/c1-9-4-3-5-10(2)14(9)11-6-12-8-17-15(16)18-13(12)7-11/h3-5,7-8H,6H2,1-2H3. The Kier molecular flexibility index (Phi) is 2.67. The van der Waals surface area contributed by atoms with Crippen LogP contribution in [0.2, 0.25) is 5.28 Å². The lowest BCUT2D eigenvalue weighted by atomic mass is 9.95. The first kappa shape index (κ1) is 11.4. The van der Waals surface area contributed by atoms with E-state index in [0.29, 0.717) is 5.28 Å². The van der Waals surface area contributed by atoms with Crippen LogP contribution in [0.5, 0.6) is 0 Å². The summed E-state index contributed by atoms with van der Waals surface area (Å²) < 4.78 is 0. The van der Waals surface area contributed by atoms with Crippen molar-refractivity contribution in [3.8, 4) is 0 Å². The van der Waals surface area contributed by atoms with Crippen molar-refractivity contribution in [3.63, 3.8) is 0 Å². The average molecular weight is 257 g/mol. The maximum atomic E-state index is 5.83. The minimum atomic E-state index is 0.313. The summed E-state index contributed by atoms with van der Waals surface area (Å²) in [4.78, 5) is 8.31. The van der Waals surface area contributed by atoms with Crippen LogP contribution < -0.4 is 0 Å².